The van der Waals surface area contributed by atoms with Gasteiger partial charge in [-0.05, 0) is 35.9 Å². The fraction of sp³-hybridized carbons (Fsp3) is 0.316. The van der Waals surface area contributed by atoms with Crippen molar-refractivity contribution in [2.45, 2.75) is 10.9 Å². The predicted molar refractivity (Wildman–Crippen MR) is 102 cm³/mol. The lowest BCUT2D eigenvalue weighted by Gasteiger charge is -2.18. The summed E-state index contributed by atoms with van der Waals surface area (Å²) in [6, 6.07) is 9.69. The largest absolute Gasteiger partial charge is 0.504 e. The molecule has 0 bridgehead atoms. The molecule has 0 aliphatic heterocycles. The van der Waals surface area contributed by atoms with E-state index < -0.39 is 21.8 Å². The first-order valence-electron chi connectivity index (χ1n) is 8.37. The molecule has 0 aliphatic rings. The minimum atomic E-state index is -3.59. The van der Waals surface area contributed by atoms with E-state index in [1.54, 1.807) is 18.2 Å². The molecule has 0 aliphatic carbocycles. The second kappa shape index (κ2) is 9.43. The Hall–Kier alpha value is -2.78. The van der Waals surface area contributed by atoms with Gasteiger partial charge in [-0.2, -0.15) is 0 Å². The minimum absolute atomic E-state index is 0.00784. The molecule has 0 spiro atoms. The van der Waals surface area contributed by atoms with Crippen LogP contribution in [0.1, 0.15) is 11.6 Å². The Bertz CT molecular complexity index is 928. The molecule has 2 rings (SSSR count). The van der Waals surface area contributed by atoms with Crippen molar-refractivity contribution in [3.05, 3.63) is 48.0 Å². The highest BCUT2D eigenvalue weighted by Crippen LogP contribution is 2.29. The molecule has 9 heteroatoms. The molecule has 0 amide bonds. The van der Waals surface area contributed by atoms with Crippen molar-refractivity contribution < 1.29 is 32.5 Å². The van der Waals surface area contributed by atoms with E-state index in [2.05, 4.69) is 5.32 Å². The Morgan fingerprint density at radius 1 is 1.11 bits per heavy atom. The van der Waals surface area contributed by atoms with Crippen molar-refractivity contribution >= 4 is 15.8 Å². The number of carbonyl (C=O) groups is 1. The van der Waals surface area contributed by atoms with Crippen LogP contribution in [-0.2, 0) is 19.4 Å². The number of phenols is 1. The van der Waals surface area contributed by atoms with Gasteiger partial charge in [0.05, 0.1) is 32.0 Å². The zero-order chi connectivity index (χ0) is 20.7. The first-order chi connectivity index (χ1) is 13.3. The normalized spacial score (nSPS) is 12.2. The van der Waals surface area contributed by atoms with Crippen LogP contribution < -0.4 is 14.8 Å². The quantitative estimate of drug-likeness (QED) is 0.602. The van der Waals surface area contributed by atoms with Crippen molar-refractivity contribution in [3.63, 3.8) is 0 Å². The Morgan fingerprint density at radius 3 is 2.46 bits per heavy atom. The lowest BCUT2D eigenvalue weighted by atomic mass is 10.1. The molecule has 0 fully saturated rings. The van der Waals surface area contributed by atoms with Crippen LogP contribution >= 0.6 is 0 Å². The molecule has 152 valence electrons. The third-order valence-corrected chi connectivity index (χ3v) is 5.81. The second-order valence-electron chi connectivity index (χ2n) is 5.84. The molecular formula is C19H23NO7S. The van der Waals surface area contributed by atoms with Crippen molar-refractivity contribution in [2.75, 3.05) is 33.6 Å². The van der Waals surface area contributed by atoms with E-state index in [1.165, 1.54) is 45.6 Å². The smallest absolute Gasteiger partial charge is 0.327 e. The van der Waals surface area contributed by atoms with Crippen LogP contribution in [0.25, 0.3) is 0 Å². The average Bonchev–Trinajstić information content (AvgIpc) is 2.70. The van der Waals surface area contributed by atoms with Gasteiger partial charge in [0.1, 0.15) is 11.8 Å². The highest BCUT2D eigenvalue weighted by molar-refractivity contribution is 7.91. The van der Waals surface area contributed by atoms with E-state index >= 15 is 0 Å². The number of rotatable bonds is 9. The first-order valence-corrected chi connectivity index (χ1v) is 10.0. The zero-order valence-corrected chi connectivity index (χ0v) is 16.7. The average molecular weight is 409 g/mol. The predicted octanol–water partition coefficient (Wildman–Crippen LogP) is 1.69. The summed E-state index contributed by atoms with van der Waals surface area (Å²) >= 11 is 0. The molecule has 0 aromatic heterocycles. The van der Waals surface area contributed by atoms with Crippen molar-refractivity contribution in [1.82, 2.24) is 5.32 Å². The lowest BCUT2D eigenvalue weighted by Crippen LogP contribution is -2.33. The Morgan fingerprint density at radius 2 is 1.86 bits per heavy atom. The Labute approximate surface area is 164 Å². The van der Waals surface area contributed by atoms with Crippen LogP contribution in [0.2, 0.25) is 0 Å². The molecule has 2 aromatic carbocycles. The maximum atomic E-state index is 12.5. The highest BCUT2D eigenvalue weighted by atomic mass is 32.2. The molecule has 0 radical (unpaired) electrons. The summed E-state index contributed by atoms with van der Waals surface area (Å²) in [4.78, 5) is 12.3. The number of hydrogen-bond donors (Lipinski definition) is 2. The minimum Gasteiger partial charge on any atom is -0.504 e. The summed E-state index contributed by atoms with van der Waals surface area (Å²) in [5.41, 5.74) is 0.420. The number of carbonyl (C=O) groups excluding carboxylic acids is 1. The standard InChI is InChI=1S/C19H23NO7S/c1-25-14-5-4-6-15(12-14)28(23,24)10-9-20-18(19(22)27-3)13-7-8-17(26-2)16(21)11-13/h4-8,11-12,18,20-21H,9-10H2,1-3H3. The summed E-state index contributed by atoms with van der Waals surface area (Å²) in [5, 5.41) is 12.8. The second-order valence-corrected chi connectivity index (χ2v) is 7.95. The molecule has 2 N–H and O–H groups in total. The maximum absolute atomic E-state index is 12.5. The van der Waals surface area contributed by atoms with Gasteiger partial charge in [0, 0.05) is 6.54 Å². The van der Waals surface area contributed by atoms with Crippen LogP contribution in [0.15, 0.2) is 47.4 Å². The van der Waals surface area contributed by atoms with Crippen molar-refractivity contribution in [2.24, 2.45) is 0 Å². The molecule has 28 heavy (non-hydrogen) atoms. The fourth-order valence-corrected chi connectivity index (χ4v) is 3.80. The van der Waals surface area contributed by atoms with E-state index in [9.17, 15) is 18.3 Å². The summed E-state index contributed by atoms with van der Waals surface area (Å²) in [7, 11) is 0.511. The van der Waals surface area contributed by atoms with Gasteiger partial charge < -0.3 is 19.3 Å². The zero-order valence-electron chi connectivity index (χ0n) is 15.8. The van der Waals surface area contributed by atoms with Crippen LogP contribution in [-0.4, -0.2) is 53.1 Å². The molecule has 0 saturated carbocycles. The first kappa shape index (κ1) is 21.5. The molecule has 0 saturated heterocycles. The van der Waals surface area contributed by atoms with Crippen LogP contribution in [0.3, 0.4) is 0 Å². The highest BCUT2D eigenvalue weighted by Gasteiger charge is 2.23. The Balaban J connectivity index is 2.13. The topological polar surface area (TPSA) is 111 Å². The van der Waals surface area contributed by atoms with Gasteiger partial charge in [0.25, 0.3) is 0 Å². The van der Waals surface area contributed by atoms with E-state index in [-0.39, 0.29) is 28.7 Å². The molecule has 1 atom stereocenters. The van der Waals surface area contributed by atoms with Crippen molar-refractivity contribution in [1.29, 1.82) is 0 Å². The van der Waals surface area contributed by atoms with Gasteiger partial charge in [-0.15, -0.1) is 0 Å². The van der Waals surface area contributed by atoms with Crippen molar-refractivity contribution in [3.8, 4) is 17.2 Å². The number of aromatic hydroxyl groups is 1. The van der Waals surface area contributed by atoms with Gasteiger partial charge in [-0.25, -0.2) is 13.2 Å². The molecule has 8 nitrogen and oxygen atoms in total. The number of hydrogen-bond acceptors (Lipinski definition) is 8. The third-order valence-electron chi connectivity index (χ3n) is 4.09. The van der Waals surface area contributed by atoms with Gasteiger partial charge >= 0.3 is 5.97 Å². The van der Waals surface area contributed by atoms with E-state index in [1.807, 2.05) is 0 Å². The van der Waals surface area contributed by atoms with E-state index in [0.29, 0.717) is 11.3 Å². The maximum Gasteiger partial charge on any atom is 0.327 e. The number of benzene rings is 2. The summed E-state index contributed by atoms with van der Waals surface area (Å²) < 4.78 is 39.9. The molecule has 2 aromatic rings. The summed E-state index contributed by atoms with van der Waals surface area (Å²) in [6.07, 6.45) is 0. The Kier molecular flexibility index (Phi) is 7.24. The van der Waals surface area contributed by atoms with Crippen LogP contribution in [0, 0.1) is 0 Å². The van der Waals surface area contributed by atoms with Gasteiger partial charge in [-0.3, -0.25) is 5.32 Å². The van der Waals surface area contributed by atoms with Crippen LogP contribution in [0.4, 0.5) is 0 Å². The fourth-order valence-electron chi connectivity index (χ4n) is 2.59. The van der Waals surface area contributed by atoms with E-state index in [4.69, 9.17) is 14.2 Å². The van der Waals surface area contributed by atoms with Crippen LogP contribution in [0.5, 0.6) is 17.2 Å². The number of ether oxygens (including phenoxy) is 3. The third kappa shape index (κ3) is 5.14. The van der Waals surface area contributed by atoms with Gasteiger partial charge in [0.2, 0.25) is 0 Å². The molecule has 0 heterocycles. The number of nitrogens with one attached hydrogen (secondary N) is 1. The number of methoxy groups -OCH3 is 3. The van der Waals surface area contributed by atoms with Gasteiger partial charge in [0.15, 0.2) is 21.3 Å². The number of sulfone groups is 1. The molecule has 1 unspecified atom stereocenters. The van der Waals surface area contributed by atoms with E-state index in [0.717, 1.165) is 0 Å². The number of esters is 1. The SMILES string of the molecule is COC(=O)C(NCCS(=O)(=O)c1cccc(OC)c1)c1ccc(OC)c(O)c1. The lowest BCUT2D eigenvalue weighted by molar-refractivity contribution is -0.143. The molecular weight excluding hydrogens is 386 g/mol. The summed E-state index contributed by atoms with van der Waals surface area (Å²) in [5.74, 6) is -0.290. The monoisotopic (exact) mass is 409 g/mol. The van der Waals surface area contributed by atoms with Gasteiger partial charge in [-0.1, -0.05) is 12.1 Å². The number of phenolic OH excluding ortho intramolecular Hbond substituents is 1. The summed E-state index contributed by atoms with van der Waals surface area (Å²) in [6.45, 7) is -0.00784.